The van der Waals surface area contributed by atoms with Crippen LogP contribution in [0.3, 0.4) is 0 Å². The van der Waals surface area contributed by atoms with Crippen LogP contribution in [0.5, 0.6) is 0 Å². The number of nitrogens with zero attached hydrogens (tertiary/aromatic N) is 1. The van der Waals surface area contributed by atoms with E-state index in [2.05, 4.69) is 17.6 Å². The number of amides is 4. The van der Waals surface area contributed by atoms with Gasteiger partial charge in [0.15, 0.2) is 0 Å². The van der Waals surface area contributed by atoms with Gasteiger partial charge in [-0.3, -0.25) is 14.5 Å². The number of nitrogens with one attached hydrogen (secondary N) is 2. The average Bonchev–Trinajstić information content (AvgIpc) is 3.18. The molecule has 1 aromatic carbocycles. The molecule has 6 nitrogen and oxygen atoms in total. The Bertz CT molecular complexity index is 653. The average molecular weight is 343 g/mol. The standard InChI is InChI=1S/C19H25N3O3/c1-14(15-7-3-2-4-8-15)13-20-16(23)9-12-22-17(24)19(21-18(22)25)10-5-6-11-19/h2-4,7-8,14H,5-6,9-13H2,1H3,(H,20,23)(H,21,25). The molecule has 3 rings (SSSR count). The molecular weight excluding hydrogens is 318 g/mol. The van der Waals surface area contributed by atoms with Crippen molar-refractivity contribution in [3.63, 3.8) is 0 Å². The summed E-state index contributed by atoms with van der Waals surface area (Å²) in [4.78, 5) is 37.9. The third kappa shape index (κ3) is 3.67. The quantitative estimate of drug-likeness (QED) is 0.777. The lowest BCUT2D eigenvalue weighted by Crippen LogP contribution is -2.44. The van der Waals surface area contributed by atoms with Crippen LogP contribution in [0.25, 0.3) is 0 Å². The molecule has 2 aliphatic rings. The van der Waals surface area contributed by atoms with Crippen LogP contribution in [-0.4, -0.2) is 41.4 Å². The number of benzene rings is 1. The number of carbonyl (C=O) groups is 3. The van der Waals surface area contributed by atoms with E-state index in [1.807, 2.05) is 30.3 Å². The van der Waals surface area contributed by atoms with Gasteiger partial charge in [0.05, 0.1) is 0 Å². The Morgan fingerprint density at radius 1 is 1.24 bits per heavy atom. The first-order chi connectivity index (χ1) is 12.0. The van der Waals surface area contributed by atoms with Crippen molar-refractivity contribution in [2.24, 2.45) is 0 Å². The maximum Gasteiger partial charge on any atom is 0.325 e. The zero-order valence-electron chi connectivity index (χ0n) is 14.6. The highest BCUT2D eigenvalue weighted by Gasteiger charge is 2.52. The van der Waals surface area contributed by atoms with Crippen molar-refractivity contribution < 1.29 is 14.4 Å². The molecule has 1 aliphatic carbocycles. The van der Waals surface area contributed by atoms with Crippen molar-refractivity contribution >= 4 is 17.8 Å². The fourth-order valence-corrected chi connectivity index (χ4v) is 3.66. The highest BCUT2D eigenvalue weighted by molar-refractivity contribution is 6.07. The Hall–Kier alpha value is -2.37. The number of imide groups is 1. The van der Waals surface area contributed by atoms with Crippen molar-refractivity contribution in [3.05, 3.63) is 35.9 Å². The minimum Gasteiger partial charge on any atom is -0.355 e. The minimum absolute atomic E-state index is 0.136. The number of hydrogen-bond donors (Lipinski definition) is 2. The Labute approximate surface area is 148 Å². The van der Waals surface area contributed by atoms with Crippen molar-refractivity contribution in [1.82, 2.24) is 15.5 Å². The molecule has 0 radical (unpaired) electrons. The largest absolute Gasteiger partial charge is 0.355 e. The van der Waals surface area contributed by atoms with E-state index >= 15 is 0 Å². The number of carbonyl (C=O) groups excluding carboxylic acids is 3. The van der Waals surface area contributed by atoms with E-state index in [4.69, 9.17) is 0 Å². The first kappa shape index (κ1) is 17.5. The van der Waals surface area contributed by atoms with Gasteiger partial charge >= 0.3 is 6.03 Å². The smallest absolute Gasteiger partial charge is 0.325 e. The molecule has 1 aliphatic heterocycles. The van der Waals surface area contributed by atoms with Crippen LogP contribution in [0.4, 0.5) is 4.79 Å². The maximum atomic E-state index is 12.5. The molecule has 4 amide bonds. The molecule has 0 bridgehead atoms. The predicted octanol–water partition coefficient (Wildman–Crippen LogP) is 2.16. The van der Waals surface area contributed by atoms with Gasteiger partial charge in [0.1, 0.15) is 5.54 Å². The third-order valence-electron chi connectivity index (χ3n) is 5.24. The maximum absolute atomic E-state index is 12.5. The fraction of sp³-hybridized carbons (Fsp3) is 0.526. The second-order valence-corrected chi connectivity index (χ2v) is 7.04. The summed E-state index contributed by atoms with van der Waals surface area (Å²) in [7, 11) is 0. The zero-order chi connectivity index (χ0) is 17.9. The normalized spacial score (nSPS) is 20.0. The summed E-state index contributed by atoms with van der Waals surface area (Å²) in [6.45, 7) is 2.72. The van der Waals surface area contributed by atoms with Gasteiger partial charge in [0.2, 0.25) is 5.91 Å². The second-order valence-electron chi connectivity index (χ2n) is 7.04. The van der Waals surface area contributed by atoms with Crippen LogP contribution in [0.15, 0.2) is 30.3 Å². The van der Waals surface area contributed by atoms with Crippen molar-refractivity contribution in [2.45, 2.75) is 50.5 Å². The monoisotopic (exact) mass is 343 g/mol. The number of urea groups is 1. The lowest BCUT2D eigenvalue weighted by molar-refractivity contribution is -0.131. The van der Waals surface area contributed by atoms with Crippen LogP contribution in [-0.2, 0) is 9.59 Å². The highest BCUT2D eigenvalue weighted by Crippen LogP contribution is 2.34. The van der Waals surface area contributed by atoms with Crippen LogP contribution in [0, 0.1) is 0 Å². The molecule has 1 heterocycles. The van der Waals surface area contributed by atoms with Gasteiger partial charge < -0.3 is 10.6 Å². The summed E-state index contributed by atoms with van der Waals surface area (Å²) in [5.41, 5.74) is 0.468. The van der Waals surface area contributed by atoms with Gasteiger partial charge in [-0.15, -0.1) is 0 Å². The Morgan fingerprint density at radius 3 is 2.60 bits per heavy atom. The summed E-state index contributed by atoms with van der Waals surface area (Å²) in [6.07, 6.45) is 3.45. The van der Waals surface area contributed by atoms with Gasteiger partial charge in [0.25, 0.3) is 5.91 Å². The first-order valence-electron chi connectivity index (χ1n) is 8.97. The van der Waals surface area contributed by atoms with E-state index in [9.17, 15) is 14.4 Å². The summed E-state index contributed by atoms with van der Waals surface area (Å²) in [5.74, 6) is -0.0974. The Kier molecular flexibility index (Phi) is 5.06. The minimum atomic E-state index is -0.699. The molecule has 1 saturated heterocycles. The molecule has 1 unspecified atom stereocenters. The molecular formula is C19H25N3O3. The highest BCUT2D eigenvalue weighted by atomic mass is 16.2. The molecule has 134 valence electrons. The van der Waals surface area contributed by atoms with Crippen molar-refractivity contribution in [1.29, 1.82) is 0 Å². The van der Waals surface area contributed by atoms with Crippen LogP contribution in [0.1, 0.15) is 50.5 Å². The summed E-state index contributed by atoms with van der Waals surface area (Å²) < 4.78 is 0. The van der Waals surface area contributed by atoms with Gasteiger partial charge in [0, 0.05) is 19.5 Å². The van der Waals surface area contributed by atoms with Crippen molar-refractivity contribution in [3.8, 4) is 0 Å². The van der Waals surface area contributed by atoms with Gasteiger partial charge in [-0.2, -0.15) is 0 Å². The molecule has 2 fully saturated rings. The third-order valence-corrected chi connectivity index (χ3v) is 5.24. The van der Waals surface area contributed by atoms with Crippen molar-refractivity contribution in [2.75, 3.05) is 13.1 Å². The molecule has 1 spiro atoms. The molecule has 6 heteroatoms. The predicted molar refractivity (Wildman–Crippen MR) is 93.9 cm³/mol. The molecule has 2 N–H and O–H groups in total. The first-order valence-corrected chi connectivity index (χ1v) is 8.97. The van der Waals surface area contributed by atoms with E-state index in [1.54, 1.807) is 0 Å². The van der Waals surface area contributed by atoms with E-state index in [0.29, 0.717) is 19.4 Å². The molecule has 1 aromatic rings. The second kappa shape index (κ2) is 7.25. The number of hydrogen-bond acceptors (Lipinski definition) is 3. The number of rotatable bonds is 6. The van der Waals surface area contributed by atoms with E-state index in [-0.39, 0.29) is 36.7 Å². The Morgan fingerprint density at radius 2 is 1.92 bits per heavy atom. The molecule has 1 atom stereocenters. The molecule has 25 heavy (non-hydrogen) atoms. The summed E-state index contributed by atoms with van der Waals surface area (Å²) in [5, 5.41) is 5.72. The van der Waals surface area contributed by atoms with Crippen LogP contribution < -0.4 is 10.6 Å². The molecule has 1 saturated carbocycles. The lowest BCUT2D eigenvalue weighted by Gasteiger charge is -2.20. The fourth-order valence-electron chi connectivity index (χ4n) is 3.66. The Balaban J connectivity index is 1.46. The van der Waals surface area contributed by atoms with E-state index in [0.717, 1.165) is 12.8 Å². The zero-order valence-corrected chi connectivity index (χ0v) is 14.6. The van der Waals surface area contributed by atoms with Gasteiger partial charge in [-0.1, -0.05) is 50.1 Å². The van der Waals surface area contributed by atoms with E-state index in [1.165, 1.54) is 10.5 Å². The van der Waals surface area contributed by atoms with Crippen LogP contribution in [0.2, 0.25) is 0 Å². The van der Waals surface area contributed by atoms with Crippen LogP contribution >= 0.6 is 0 Å². The topological polar surface area (TPSA) is 78.5 Å². The molecule has 0 aromatic heterocycles. The summed E-state index contributed by atoms with van der Waals surface area (Å²) in [6, 6.07) is 9.62. The van der Waals surface area contributed by atoms with E-state index < -0.39 is 5.54 Å². The summed E-state index contributed by atoms with van der Waals surface area (Å²) >= 11 is 0. The van der Waals surface area contributed by atoms with Gasteiger partial charge in [-0.05, 0) is 24.3 Å². The van der Waals surface area contributed by atoms with Gasteiger partial charge in [-0.25, -0.2) is 4.79 Å². The SMILES string of the molecule is CC(CNC(=O)CCN1C(=O)NC2(CCCC2)C1=O)c1ccccc1. The lowest BCUT2D eigenvalue weighted by atomic mass is 9.98.